The summed E-state index contributed by atoms with van der Waals surface area (Å²) in [6.07, 6.45) is 3.82. The van der Waals surface area contributed by atoms with Crippen molar-refractivity contribution in [3.8, 4) is 0 Å². The molecule has 1 N–H and O–H groups in total. The maximum absolute atomic E-state index is 4.41. The molecule has 1 fully saturated rings. The number of guanidine groups is 1. The second kappa shape index (κ2) is 8.53. The molecule has 0 aromatic carbocycles. The lowest BCUT2D eigenvalue weighted by Crippen LogP contribution is -2.44. The highest BCUT2D eigenvalue weighted by Crippen LogP contribution is 2.27. The number of nitrogens with one attached hydrogen (secondary N) is 1. The van der Waals surface area contributed by atoms with Crippen molar-refractivity contribution < 1.29 is 0 Å². The van der Waals surface area contributed by atoms with Crippen molar-refractivity contribution in [3.05, 3.63) is 22.4 Å². The zero-order valence-electron chi connectivity index (χ0n) is 14.4. The molecule has 0 amide bonds. The van der Waals surface area contributed by atoms with Gasteiger partial charge in [0.25, 0.3) is 0 Å². The van der Waals surface area contributed by atoms with Crippen LogP contribution in [0.1, 0.15) is 31.6 Å². The van der Waals surface area contributed by atoms with Crippen LogP contribution in [0.3, 0.4) is 0 Å². The van der Waals surface area contributed by atoms with E-state index >= 15 is 0 Å². The summed E-state index contributed by atoms with van der Waals surface area (Å²) in [5.41, 5.74) is 0. The van der Waals surface area contributed by atoms with Crippen molar-refractivity contribution in [1.82, 2.24) is 15.1 Å². The minimum Gasteiger partial charge on any atom is -0.355 e. The lowest BCUT2D eigenvalue weighted by Gasteiger charge is -2.28. The molecule has 1 aliphatic rings. The first kappa shape index (κ1) is 17.3. The van der Waals surface area contributed by atoms with Gasteiger partial charge in [-0.25, -0.2) is 0 Å². The van der Waals surface area contributed by atoms with Gasteiger partial charge in [-0.15, -0.1) is 11.3 Å². The van der Waals surface area contributed by atoms with Crippen LogP contribution in [0, 0.1) is 0 Å². The standard InChI is InChI=1S/C17H30N4S/c1-14(2)21(15-7-8-15)12-10-19-17(18-3)20(4)11-9-16-6-5-13-22-16/h5-6,13-15H,7-12H2,1-4H3,(H,18,19). The summed E-state index contributed by atoms with van der Waals surface area (Å²) in [7, 11) is 3.98. The smallest absolute Gasteiger partial charge is 0.193 e. The number of aliphatic imine (C=N–C) groups is 1. The Balaban J connectivity index is 1.71. The molecule has 1 aromatic rings. The Kier molecular flexibility index (Phi) is 6.70. The Morgan fingerprint density at radius 2 is 2.18 bits per heavy atom. The van der Waals surface area contributed by atoms with Crippen LogP contribution in [-0.4, -0.2) is 61.6 Å². The predicted molar refractivity (Wildman–Crippen MR) is 96.9 cm³/mol. The zero-order chi connectivity index (χ0) is 15.9. The van der Waals surface area contributed by atoms with Crippen LogP contribution in [0.4, 0.5) is 0 Å². The second-order valence-corrected chi connectivity index (χ2v) is 7.32. The van der Waals surface area contributed by atoms with E-state index in [0.29, 0.717) is 6.04 Å². The topological polar surface area (TPSA) is 30.9 Å². The highest BCUT2D eigenvalue weighted by atomic mass is 32.1. The van der Waals surface area contributed by atoms with E-state index in [0.717, 1.165) is 38.1 Å². The number of hydrogen-bond donors (Lipinski definition) is 1. The van der Waals surface area contributed by atoms with Crippen molar-refractivity contribution in [2.45, 2.75) is 45.2 Å². The molecular weight excluding hydrogens is 292 g/mol. The van der Waals surface area contributed by atoms with E-state index < -0.39 is 0 Å². The summed E-state index contributed by atoms with van der Waals surface area (Å²) in [5, 5.41) is 5.64. The molecule has 0 aliphatic heterocycles. The summed E-state index contributed by atoms with van der Waals surface area (Å²) < 4.78 is 0. The maximum Gasteiger partial charge on any atom is 0.193 e. The van der Waals surface area contributed by atoms with E-state index in [4.69, 9.17) is 0 Å². The van der Waals surface area contributed by atoms with Crippen LogP contribution < -0.4 is 5.32 Å². The van der Waals surface area contributed by atoms with Gasteiger partial charge in [-0.1, -0.05) is 6.07 Å². The molecule has 1 aromatic heterocycles. The first-order valence-electron chi connectivity index (χ1n) is 8.31. The maximum atomic E-state index is 4.41. The van der Waals surface area contributed by atoms with Gasteiger partial charge in [0.2, 0.25) is 0 Å². The molecule has 1 heterocycles. The van der Waals surface area contributed by atoms with Gasteiger partial charge >= 0.3 is 0 Å². The van der Waals surface area contributed by atoms with Crippen LogP contribution in [-0.2, 0) is 6.42 Å². The average molecular weight is 323 g/mol. The number of nitrogens with zero attached hydrogens (tertiary/aromatic N) is 3. The van der Waals surface area contributed by atoms with E-state index in [2.05, 4.69) is 58.5 Å². The molecule has 0 atom stereocenters. The highest BCUT2D eigenvalue weighted by Gasteiger charge is 2.30. The number of likely N-dealkylation sites (N-methyl/N-ethyl adjacent to an activating group) is 1. The van der Waals surface area contributed by atoms with E-state index in [1.165, 1.54) is 17.7 Å². The summed E-state index contributed by atoms with van der Waals surface area (Å²) in [6, 6.07) is 5.77. The summed E-state index contributed by atoms with van der Waals surface area (Å²) in [6.45, 7) is 7.64. The summed E-state index contributed by atoms with van der Waals surface area (Å²) >= 11 is 1.83. The first-order valence-corrected chi connectivity index (χ1v) is 9.19. The van der Waals surface area contributed by atoms with Gasteiger partial charge in [-0.2, -0.15) is 0 Å². The average Bonchev–Trinajstić information content (AvgIpc) is 3.19. The van der Waals surface area contributed by atoms with E-state index in [-0.39, 0.29) is 0 Å². The number of hydrogen-bond acceptors (Lipinski definition) is 3. The Labute approximate surface area is 139 Å². The molecule has 1 saturated carbocycles. The molecule has 0 spiro atoms. The SMILES string of the molecule is CN=C(NCCN(C(C)C)C1CC1)N(C)CCc1cccs1. The Hall–Kier alpha value is -1.07. The van der Waals surface area contributed by atoms with Crippen LogP contribution in [0.5, 0.6) is 0 Å². The third-order valence-electron chi connectivity index (χ3n) is 4.18. The van der Waals surface area contributed by atoms with E-state index in [1.54, 1.807) is 0 Å². The van der Waals surface area contributed by atoms with Gasteiger partial charge in [0.15, 0.2) is 5.96 Å². The Morgan fingerprint density at radius 3 is 2.73 bits per heavy atom. The van der Waals surface area contributed by atoms with Crippen molar-refractivity contribution in [1.29, 1.82) is 0 Å². The predicted octanol–water partition coefficient (Wildman–Crippen LogP) is 2.67. The van der Waals surface area contributed by atoms with Crippen molar-refractivity contribution in [2.24, 2.45) is 4.99 Å². The lowest BCUT2D eigenvalue weighted by molar-refractivity contribution is 0.214. The van der Waals surface area contributed by atoms with E-state index in [1.807, 2.05) is 18.4 Å². The zero-order valence-corrected chi connectivity index (χ0v) is 15.2. The molecule has 2 rings (SSSR count). The lowest BCUT2D eigenvalue weighted by atomic mass is 10.3. The van der Waals surface area contributed by atoms with Gasteiger partial charge < -0.3 is 10.2 Å². The van der Waals surface area contributed by atoms with Gasteiger partial charge in [0.1, 0.15) is 0 Å². The molecule has 124 valence electrons. The van der Waals surface area contributed by atoms with E-state index in [9.17, 15) is 0 Å². The molecule has 22 heavy (non-hydrogen) atoms. The van der Waals surface area contributed by atoms with Gasteiger partial charge in [0.05, 0.1) is 0 Å². The van der Waals surface area contributed by atoms with Crippen LogP contribution in [0.25, 0.3) is 0 Å². The van der Waals surface area contributed by atoms with Crippen molar-refractivity contribution in [2.75, 3.05) is 33.7 Å². The summed E-state index contributed by atoms with van der Waals surface area (Å²) in [4.78, 5) is 10.7. The Morgan fingerprint density at radius 1 is 1.41 bits per heavy atom. The van der Waals surface area contributed by atoms with Crippen molar-refractivity contribution in [3.63, 3.8) is 0 Å². The van der Waals surface area contributed by atoms with Gasteiger partial charge in [-0.05, 0) is 44.6 Å². The fourth-order valence-electron chi connectivity index (χ4n) is 2.79. The molecule has 4 nitrogen and oxygen atoms in total. The monoisotopic (exact) mass is 322 g/mol. The molecule has 1 aliphatic carbocycles. The van der Waals surface area contributed by atoms with Crippen LogP contribution in [0.2, 0.25) is 0 Å². The largest absolute Gasteiger partial charge is 0.355 e. The van der Waals surface area contributed by atoms with Crippen LogP contribution in [0.15, 0.2) is 22.5 Å². The van der Waals surface area contributed by atoms with Gasteiger partial charge in [0, 0.05) is 50.7 Å². The second-order valence-electron chi connectivity index (χ2n) is 6.29. The Bertz CT molecular complexity index is 449. The van der Waals surface area contributed by atoms with Gasteiger partial charge in [-0.3, -0.25) is 9.89 Å². The minimum absolute atomic E-state index is 0.632. The third kappa shape index (κ3) is 5.29. The number of rotatable bonds is 8. The summed E-state index contributed by atoms with van der Waals surface area (Å²) in [5.74, 6) is 0.996. The minimum atomic E-state index is 0.632. The molecule has 0 saturated heterocycles. The fourth-order valence-corrected chi connectivity index (χ4v) is 3.49. The van der Waals surface area contributed by atoms with Crippen molar-refractivity contribution >= 4 is 17.3 Å². The normalized spacial score (nSPS) is 15.6. The molecule has 0 bridgehead atoms. The highest BCUT2D eigenvalue weighted by molar-refractivity contribution is 7.09. The van der Waals surface area contributed by atoms with Crippen LogP contribution >= 0.6 is 11.3 Å². The molecular formula is C17H30N4S. The first-order chi connectivity index (χ1) is 10.6. The molecule has 5 heteroatoms. The number of thiophene rings is 1. The molecule has 0 radical (unpaired) electrons. The third-order valence-corrected chi connectivity index (χ3v) is 5.12. The molecule has 0 unspecified atom stereocenters. The quantitative estimate of drug-likeness (QED) is 0.590. The fraction of sp³-hybridized carbons (Fsp3) is 0.706.